The van der Waals surface area contributed by atoms with Crippen molar-refractivity contribution in [3.05, 3.63) is 52.6 Å². The largest absolute Gasteiger partial charge is 0.493 e. The zero-order chi connectivity index (χ0) is 21.4. The third kappa shape index (κ3) is 5.89. The van der Waals surface area contributed by atoms with Gasteiger partial charge in [-0.15, -0.1) is 0 Å². The van der Waals surface area contributed by atoms with Gasteiger partial charge in [-0.3, -0.25) is 4.79 Å². The van der Waals surface area contributed by atoms with Gasteiger partial charge in [-0.1, -0.05) is 17.7 Å². The Labute approximate surface area is 173 Å². The van der Waals surface area contributed by atoms with E-state index < -0.39 is 12.6 Å². The van der Waals surface area contributed by atoms with Gasteiger partial charge in [-0.25, -0.2) is 4.79 Å². The Bertz CT molecular complexity index is 921. The smallest absolute Gasteiger partial charge is 0.341 e. The highest BCUT2D eigenvalue weighted by Gasteiger charge is 2.12. The molecule has 0 amide bonds. The second-order valence-corrected chi connectivity index (χ2v) is 6.12. The van der Waals surface area contributed by atoms with E-state index in [0.717, 1.165) is 0 Å². The van der Waals surface area contributed by atoms with Gasteiger partial charge in [-0.05, 0) is 48.9 Å². The molecule has 0 aliphatic carbocycles. The highest BCUT2D eigenvalue weighted by molar-refractivity contribution is 6.32. The fourth-order valence-electron chi connectivity index (χ4n) is 2.49. The number of methoxy groups -OCH3 is 2. The number of hydrogen-bond acceptors (Lipinski definition) is 6. The lowest BCUT2D eigenvalue weighted by Gasteiger charge is -2.12. The molecule has 0 aliphatic rings. The van der Waals surface area contributed by atoms with E-state index in [-0.39, 0.29) is 17.3 Å². The number of carboxylic acids is 1. The standard InChI is InChI=1S/C21H21ClO7/c1-4-28-19-10-13(9-15(22)21(19)27-3)5-7-16(23)14-6-8-17(18(11-14)26-2)29-12-20(24)25/h5-11H,4,12H2,1-3H3,(H,24,25)/b7-5+. The van der Waals surface area contributed by atoms with Gasteiger partial charge in [0.25, 0.3) is 0 Å². The summed E-state index contributed by atoms with van der Waals surface area (Å²) in [7, 11) is 2.90. The molecule has 0 saturated carbocycles. The Morgan fingerprint density at radius 1 is 1.03 bits per heavy atom. The van der Waals surface area contributed by atoms with Crippen LogP contribution in [0.15, 0.2) is 36.4 Å². The first kappa shape index (κ1) is 22.1. The molecule has 0 atom stereocenters. The highest BCUT2D eigenvalue weighted by Crippen LogP contribution is 2.36. The maximum absolute atomic E-state index is 12.5. The molecule has 0 saturated heterocycles. The van der Waals surface area contributed by atoms with E-state index in [9.17, 15) is 9.59 Å². The molecular formula is C21H21ClO7. The molecule has 0 unspecified atom stereocenters. The number of halogens is 1. The predicted molar refractivity (Wildman–Crippen MR) is 109 cm³/mol. The Morgan fingerprint density at radius 3 is 2.41 bits per heavy atom. The number of carboxylic acid groups (broad SMARTS) is 1. The van der Waals surface area contributed by atoms with Crippen LogP contribution in [0.5, 0.6) is 23.0 Å². The van der Waals surface area contributed by atoms with E-state index in [0.29, 0.717) is 34.3 Å². The van der Waals surface area contributed by atoms with Crippen LogP contribution in [0.3, 0.4) is 0 Å². The van der Waals surface area contributed by atoms with Crippen molar-refractivity contribution in [1.29, 1.82) is 0 Å². The summed E-state index contributed by atoms with van der Waals surface area (Å²) in [5.41, 5.74) is 1.02. The fraction of sp³-hybridized carbons (Fsp3) is 0.238. The van der Waals surface area contributed by atoms with Gasteiger partial charge in [0, 0.05) is 5.56 Å². The van der Waals surface area contributed by atoms with Gasteiger partial charge >= 0.3 is 5.97 Å². The number of ketones is 1. The molecule has 2 aromatic rings. The summed E-state index contributed by atoms with van der Waals surface area (Å²) in [6.07, 6.45) is 3.00. The number of ether oxygens (including phenoxy) is 4. The van der Waals surface area contributed by atoms with E-state index in [1.54, 1.807) is 18.2 Å². The van der Waals surface area contributed by atoms with Gasteiger partial charge < -0.3 is 24.1 Å². The maximum Gasteiger partial charge on any atom is 0.341 e. The minimum absolute atomic E-state index is 0.235. The fourth-order valence-corrected chi connectivity index (χ4v) is 2.79. The molecule has 2 rings (SSSR count). The van der Waals surface area contributed by atoms with Crippen LogP contribution < -0.4 is 18.9 Å². The van der Waals surface area contributed by atoms with Crippen LogP contribution in [0.1, 0.15) is 22.8 Å². The molecule has 0 aliphatic heterocycles. The number of rotatable bonds is 10. The first-order chi connectivity index (χ1) is 13.9. The molecule has 0 aromatic heterocycles. The summed E-state index contributed by atoms with van der Waals surface area (Å²) in [5, 5.41) is 9.08. The van der Waals surface area contributed by atoms with Gasteiger partial charge in [0.15, 0.2) is 35.4 Å². The maximum atomic E-state index is 12.5. The van der Waals surface area contributed by atoms with E-state index in [1.165, 1.54) is 38.5 Å². The number of carbonyl (C=O) groups excluding carboxylic acids is 1. The van der Waals surface area contributed by atoms with Crippen LogP contribution in [0.2, 0.25) is 5.02 Å². The first-order valence-corrected chi connectivity index (χ1v) is 9.02. The van der Waals surface area contributed by atoms with Crippen molar-refractivity contribution >= 4 is 29.4 Å². The lowest BCUT2D eigenvalue weighted by molar-refractivity contribution is -0.139. The van der Waals surface area contributed by atoms with Crippen molar-refractivity contribution in [2.45, 2.75) is 6.92 Å². The van der Waals surface area contributed by atoms with E-state index in [1.807, 2.05) is 6.92 Å². The predicted octanol–water partition coefficient (Wildman–Crippen LogP) is 4.12. The third-order valence-electron chi connectivity index (χ3n) is 3.76. The number of hydrogen-bond donors (Lipinski definition) is 1. The van der Waals surface area contributed by atoms with Crippen molar-refractivity contribution < 1.29 is 33.6 Å². The minimum atomic E-state index is -1.11. The van der Waals surface area contributed by atoms with Crippen LogP contribution in [0.4, 0.5) is 0 Å². The quantitative estimate of drug-likeness (QED) is 0.456. The van der Waals surface area contributed by atoms with Crippen molar-refractivity contribution in [2.75, 3.05) is 27.4 Å². The van der Waals surface area contributed by atoms with Crippen LogP contribution in [0.25, 0.3) is 6.08 Å². The molecule has 8 heteroatoms. The van der Waals surface area contributed by atoms with Crippen molar-refractivity contribution in [1.82, 2.24) is 0 Å². The SMILES string of the molecule is CCOc1cc(/C=C/C(=O)c2ccc(OCC(=O)O)c(OC)c2)cc(Cl)c1OC. The Hall–Kier alpha value is -3.19. The molecular weight excluding hydrogens is 400 g/mol. The molecule has 29 heavy (non-hydrogen) atoms. The van der Waals surface area contributed by atoms with Gasteiger partial charge in [0.2, 0.25) is 0 Å². The minimum Gasteiger partial charge on any atom is -0.493 e. The zero-order valence-electron chi connectivity index (χ0n) is 16.2. The lowest BCUT2D eigenvalue weighted by Crippen LogP contribution is -2.10. The van der Waals surface area contributed by atoms with E-state index >= 15 is 0 Å². The molecule has 0 fully saturated rings. The second-order valence-electron chi connectivity index (χ2n) is 5.71. The summed E-state index contributed by atoms with van der Waals surface area (Å²) in [4.78, 5) is 23.2. The van der Waals surface area contributed by atoms with Crippen molar-refractivity contribution in [3.63, 3.8) is 0 Å². The Morgan fingerprint density at radius 2 is 1.79 bits per heavy atom. The Kier molecular flexibility index (Phi) is 7.91. The zero-order valence-corrected chi connectivity index (χ0v) is 17.0. The molecule has 7 nitrogen and oxygen atoms in total. The van der Waals surface area contributed by atoms with Gasteiger partial charge in [0.05, 0.1) is 25.8 Å². The van der Waals surface area contributed by atoms with Crippen LogP contribution in [-0.4, -0.2) is 44.3 Å². The molecule has 0 bridgehead atoms. The summed E-state index contributed by atoms with van der Waals surface area (Å²) in [6.45, 7) is 1.77. The second kappa shape index (κ2) is 10.4. The van der Waals surface area contributed by atoms with Gasteiger partial charge in [-0.2, -0.15) is 0 Å². The average molecular weight is 421 g/mol. The summed E-state index contributed by atoms with van der Waals surface area (Å²) < 4.78 is 21.1. The number of aliphatic carboxylic acids is 1. The first-order valence-electron chi connectivity index (χ1n) is 8.65. The molecule has 1 N–H and O–H groups in total. The average Bonchev–Trinajstić information content (AvgIpc) is 2.70. The number of allylic oxidation sites excluding steroid dienone is 1. The number of carbonyl (C=O) groups is 2. The van der Waals surface area contributed by atoms with Crippen LogP contribution in [0, 0.1) is 0 Å². The van der Waals surface area contributed by atoms with Crippen molar-refractivity contribution in [2.24, 2.45) is 0 Å². The Balaban J connectivity index is 2.23. The van der Waals surface area contributed by atoms with Crippen molar-refractivity contribution in [3.8, 4) is 23.0 Å². The summed E-state index contributed by atoms with van der Waals surface area (Å²) in [5.74, 6) is 0.0166. The van der Waals surface area contributed by atoms with E-state index in [4.69, 9.17) is 35.7 Å². The third-order valence-corrected chi connectivity index (χ3v) is 4.04. The molecule has 0 heterocycles. The molecule has 0 spiro atoms. The topological polar surface area (TPSA) is 91.3 Å². The van der Waals surface area contributed by atoms with E-state index in [2.05, 4.69) is 0 Å². The lowest BCUT2D eigenvalue weighted by atomic mass is 10.1. The monoisotopic (exact) mass is 420 g/mol. The van der Waals surface area contributed by atoms with Crippen LogP contribution in [-0.2, 0) is 4.79 Å². The summed E-state index contributed by atoms with van der Waals surface area (Å²) >= 11 is 6.22. The van der Waals surface area contributed by atoms with Gasteiger partial charge in [0.1, 0.15) is 0 Å². The number of benzene rings is 2. The molecule has 0 radical (unpaired) electrons. The normalized spacial score (nSPS) is 10.6. The summed E-state index contributed by atoms with van der Waals surface area (Å²) in [6, 6.07) is 7.88. The molecule has 154 valence electrons. The van der Waals surface area contributed by atoms with Crippen LogP contribution >= 0.6 is 11.6 Å². The molecule has 2 aromatic carbocycles. The highest BCUT2D eigenvalue weighted by atomic mass is 35.5.